The van der Waals surface area contributed by atoms with Gasteiger partial charge in [0.2, 0.25) is 5.89 Å². The average Bonchev–Trinajstić information content (AvgIpc) is 3.18. The number of hydrogen-bond donors (Lipinski definition) is 0. The topological polar surface area (TPSA) is 46.3 Å². The normalized spacial score (nSPS) is 15.6. The third-order valence-corrected chi connectivity index (χ3v) is 5.32. The van der Waals surface area contributed by atoms with Gasteiger partial charge in [0.25, 0.3) is 0 Å². The van der Waals surface area contributed by atoms with Crippen molar-refractivity contribution in [3.05, 3.63) is 77.4 Å². The van der Waals surface area contributed by atoms with Crippen LogP contribution in [0.2, 0.25) is 0 Å². The van der Waals surface area contributed by atoms with Gasteiger partial charge in [0.1, 0.15) is 12.1 Å². The molecule has 28 heavy (non-hydrogen) atoms. The summed E-state index contributed by atoms with van der Waals surface area (Å²) in [5.41, 5.74) is 3.58. The summed E-state index contributed by atoms with van der Waals surface area (Å²) in [4.78, 5) is 19.5. The maximum atomic E-state index is 13.0. The zero-order valence-corrected chi connectivity index (χ0v) is 15.9. The van der Waals surface area contributed by atoms with Gasteiger partial charge in [-0.05, 0) is 57.1 Å². The summed E-state index contributed by atoms with van der Waals surface area (Å²) in [6, 6.07) is 14.0. The monoisotopic (exact) mass is 378 g/mol. The predicted molar refractivity (Wildman–Crippen MR) is 105 cm³/mol. The molecule has 2 heterocycles. The van der Waals surface area contributed by atoms with Crippen LogP contribution >= 0.6 is 0 Å². The predicted octanol–water partition coefficient (Wildman–Crippen LogP) is 4.88. The van der Waals surface area contributed by atoms with Gasteiger partial charge in [-0.25, -0.2) is 9.37 Å². The maximum Gasteiger partial charge on any atom is 0.226 e. The number of aromatic nitrogens is 1. The van der Waals surface area contributed by atoms with Crippen molar-refractivity contribution < 1.29 is 13.6 Å². The van der Waals surface area contributed by atoms with Crippen LogP contribution in [-0.4, -0.2) is 28.8 Å². The van der Waals surface area contributed by atoms with Crippen molar-refractivity contribution in [3.8, 4) is 11.5 Å². The number of oxazole rings is 1. The highest BCUT2D eigenvalue weighted by molar-refractivity contribution is 5.97. The molecule has 0 atom stereocenters. The summed E-state index contributed by atoms with van der Waals surface area (Å²) >= 11 is 0. The van der Waals surface area contributed by atoms with E-state index in [1.807, 2.05) is 31.2 Å². The largest absolute Gasteiger partial charge is 0.444 e. The number of benzene rings is 2. The number of piperidine rings is 1. The van der Waals surface area contributed by atoms with Gasteiger partial charge in [-0.3, -0.25) is 9.69 Å². The molecule has 144 valence electrons. The molecule has 3 aromatic rings. The molecule has 2 aromatic carbocycles. The number of rotatable bonds is 5. The molecule has 0 radical (unpaired) electrons. The molecule has 1 saturated heterocycles. The molecule has 0 aliphatic carbocycles. The first-order valence-electron chi connectivity index (χ1n) is 9.62. The molecule has 0 unspecified atom stereocenters. The van der Waals surface area contributed by atoms with Gasteiger partial charge < -0.3 is 4.42 Å². The molecule has 0 spiro atoms. The first-order chi connectivity index (χ1) is 13.6. The lowest BCUT2D eigenvalue weighted by Crippen LogP contribution is -2.36. The quantitative estimate of drug-likeness (QED) is 0.594. The molecule has 0 bridgehead atoms. The van der Waals surface area contributed by atoms with Crippen molar-refractivity contribution in [2.75, 3.05) is 13.1 Å². The van der Waals surface area contributed by atoms with Gasteiger partial charge in [0.15, 0.2) is 5.78 Å². The first kappa shape index (κ1) is 18.6. The molecule has 0 amide bonds. The van der Waals surface area contributed by atoms with Gasteiger partial charge in [0.05, 0.1) is 5.69 Å². The summed E-state index contributed by atoms with van der Waals surface area (Å²) in [6.07, 6.45) is 3.37. The van der Waals surface area contributed by atoms with Crippen LogP contribution in [0.25, 0.3) is 11.5 Å². The van der Waals surface area contributed by atoms with E-state index in [1.165, 1.54) is 17.7 Å². The van der Waals surface area contributed by atoms with Crippen LogP contribution in [0.3, 0.4) is 0 Å². The van der Waals surface area contributed by atoms with E-state index in [0.29, 0.717) is 12.4 Å². The summed E-state index contributed by atoms with van der Waals surface area (Å²) < 4.78 is 18.6. The third-order valence-electron chi connectivity index (χ3n) is 5.32. The average molecular weight is 378 g/mol. The Bertz CT molecular complexity index is 939. The van der Waals surface area contributed by atoms with Crippen molar-refractivity contribution in [1.82, 2.24) is 9.88 Å². The number of halogens is 1. The highest BCUT2D eigenvalue weighted by atomic mass is 19.1. The lowest BCUT2D eigenvalue weighted by molar-refractivity contribution is 0.0834. The van der Waals surface area contributed by atoms with Crippen molar-refractivity contribution >= 4 is 5.78 Å². The second-order valence-corrected chi connectivity index (χ2v) is 7.43. The van der Waals surface area contributed by atoms with E-state index in [9.17, 15) is 9.18 Å². The minimum absolute atomic E-state index is 0.0889. The fourth-order valence-corrected chi connectivity index (χ4v) is 3.64. The van der Waals surface area contributed by atoms with E-state index < -0.39 is 0 Å². The lowest BCUT2D eigenvalue weighted by atomic mass is 9.88. The molecule has 1 aliphatic heterocycles. The van der Waals surface area contributed by atoms with Gasteiger partial charge >= 0.3 is 0 Å². The molecule has 1 fully saturated rings. The number of nitrogens with zero attached hydrogens (tertiary/aromatic N) is 2. The molecule has 1 aliphatic rings. The smallest absolute Gasteiger partial charge is 0.226 e. The molecule has 1 aromatic heterocycles. The summed E-state index contributed by atoms with van der Waals surface area (Å²) in [5.74, 6) is 0.559. The lowest BCUT2D eigenvalue weighted by Gasteiger charge is -2.30. The Kier molecular flexibility index (Phi) is 5.35. The van der Waals surface area contributed by atoms with Gasteiger partial charge in [-0.15, -0.1) is 0 Å². The minimum atomic E-state index is -0.279. The van der Waals surface area contributed by atoms with Gasteiger partial charge in [-0.1, -0.05) is 29.8 Å². The Morgan fingerprint density at radius 2 is 1.79 bits per heavy atom. The Hall–Kier alpha value is -2.79. The van der Waals surface area contributed by atoms with Crippen LogP contribution < -0.4 is 0 Å². The molecule has 0 N–H and O–H groups in total. The summed E-state index contributed by atoms with van der Waals surface area (Å²) in [6.45, 7) is 4.44. The van der Waals surface area contributed by atoms with Gasteiger partial charge in [0, 0.05) is 23.6 Å². The zero-order chi connectivity index (χ0) is 19.5. The Balaban J connectivity index is 1.33. The van der Waals surface area contributed by atoms with Crippen LogP contribution in [0.1, 0.15) is 34.5 Å². The fraction of sp³-hybridized carbons (Fsp3) is 0.304. The van der Waals surface area contributed by atoms with Crippen LogP contribution in [0.5, 0.6) is 0 Å². The minimum Gasteiger partial charge on any atom is -0.444 e. The fourth-order valence-electron chi connectivity index (χ4n) is 3.64. The van der Waals surface area contributed by atoms with Crippen LogP contribution in [0, 0.1) is 18.7 Å². The first-order valence-corrected chi connectivity index (χ1v) is 9.62. The summed E-state index contributed by atoms with van der Waals surface area (Å²) in [7, 11) is 0. The van der Waals surface area contributed by atoms with Crippen LogP contribution in [-0.2, 0) is 6.54 Å². The number of ketones is 1. The van der Waals surface area contributed by atoms with Crippen molar-refractivity contribution in [2.45, 2.75) is 26.3 Å². The van der Waals surface area contributed by atoms with Crippen LogP contribution in [0.4, 0.5) is 4.39 Å². The van der Waals surface area contributed by atoms with E-state index in [1.54, 1.807) is 18.4 Å². The van der Waals surface area contributed by atoms with E-state index in [0.717, 1.165) is 42.8 Å². The van der Waals surface area contributed by atoms with Gasteiger partial charge in [-0.2, -0.15) is 0 Å². The van der Waals surface area contributed by atoms with Crippen molar-refractivity contribution in [1.29, 1.82) is 0 Å². The van der Waals surface area contributed by atoms with E-state index >= 15 is 0 Å². The van der Waals surface area contributed by atoms with E-state index in [4.69, 9.17) is 4.42 Å². The van der Waals surface area contributed by atoms with E-state index in [2.05, 4.69) is 9.88 Å². The SMILES string of the molecule is Cc1ccc(C(=O)C2CCN(Cc3coc(-c4ccc(F)cc4)n3)CC2)cc1. The number of carbonyl (C=O) groups excluding carboxylic acids is 1. The number of hydrogen-bond acceptors (Lipinski definition) is 4. The second kappa shape index (κ2) is 8.07. The molecular formula is C23H23FN2O2. The Morgan fingerprint density at radius 1 is 1.11 bits per heavy atom. The Morgan fingerprint density at radius 3 is 2.46 bits per heavy atom. The van der Waals surface area contributed by atoms with Crippen LogP contribution in [0.15, 0.2) is 59.2 Å². The van der Waals surface area contributed by atoms with Crippen molar-refractivity contribution in [3.63, 3.8) is 0 Å². The molecule has 0 saturated carbocycles. The van der Waals surface area contributed by atoms with Crippen molar-refractivity contribution in [2.24, 2.45) is 5.92 Å². The second-order valence-electron chi connectivity index (χ2n) is 7.43. The highest BCUT2D eigenvalue weighted by Gasteiger charge is 2.26. The molecule has 5 heteroatoms. The van der Waals surface area contributed by atoms with E-state index in [-0.39, 0.29) is 17.5 Å². The molecule has 4 nitrogen and oxygen atoms in total. The summed E-state index contributed by atoms with van der Waals surface area (Å²) in [5, 5.41) is 0. The highest BCUT2D eigenvalue weighted by Crippen LogP contribution is 2.24. The molecule has 4 rings (SSSR count). The number of aryl methyl sites for hydroxylation is 1. The Labute approximate surface area is 164 Å². The number of Topliss-reactive ketones (excluding diaryl/α,β-unsaturated/α-hetero) is 1. The third kappa shape index (κ3) is 4.20. The molecular weight excluding hydrogens is 355 g/mol. The number of likely N-dealkylation sites (tertiary alicyclic amines) is 1. The standard InChI is InChI=1S/C23H23FN2O2/c1-16-2-4-17(5-3-16)22(27)18-10-12-26(13-11-18)14-21-15-28-23(25-21)19-6-8-20(24)9-7-19/h2-9,15,18H,10-14H2,1H3. The zero-order valence-electron chi connectivity index (χ0n) is 15.9. The number of carbonyl (C=O) groups is 1. The maximum absolute atomic E-state index is 13.0.